The highest BCUT2D eigenvalue weighted by Crippen LogP contribution is 2.22. The van der Waals surface area contributed by atoms with Gasteiger partial charge in [-0.1, -0.05) is 37.3 Å². The Morgan fingerprint density at radius 1 is 1.00 bits per heavy atom. The molecule has 0 aliphatic carbocycles. The van der Waals surface area contributed by atoms with Crippen molar-refractivity contribution in [3.63, 3.8) is 0 Å². The lowest BCUT2D eigenvalue weighted by atomic mass is 9.94. The average Bonchev–Trinajstić information content (AvgIpc) is 2.49. The highest BCUT2D eigenvalue weighted by atomic mass is 15.3. The summed E-state index contributed by atoms with van der Waals surface area (Å²) in [6.07, 6.45) is 0. The summed E-state index contributed by atoms with van der Waals surface area (Å²) in [7, 11) is 2.07. The molecule has 2 rings (SSSR count). The predicted octanol–water partition coefficient (Wildman–Crippen LogP) is 2.61. The lowest BCUT2D eigenvalue weighted by Crippen LogP contribution is -2.50. The second-order valence-electron chi connectivity index (χ2n) is 6.58. The first-order chi connectivity index (χ1) is 10.1. The zero-order chi connectivity index (χ0) is 15.2. The molecule has 0 aromatic heterocycles. The van der Waals surface area contributed by atoms with Gasteiger partial charge in [0.05, 0.1) is 0 Å². The highest BCUT2D eigenvalue weighted by molar-refractivity contribution is 5.19. The minimum Gasteiger partial charge on any atom is -0.313 e. The summed E-state index contributed by atoms with van der Waals surface area (Å²) >= 11 is 0. The van der Waals surface area contributed by atoms with E-state index in [4.69, 9.17) is 0 Å². The summed E-state index contributed by atoms with van der Waals surface area (Å²) in [5.41, 5.74) is 1.40. The van der Waals surface area contributed by atoms with E-state index < -0.39 is 0 Å². The highest BCUT2D eigenvalue weighted by Gasteiger charge is 2.23. The van der Waals surface area contributed by atoms with Gasteiger partial charge in [0.25, 0.3) is 0 Å². The quantitative estimate of drug-likeness (QED) is 0.868. The molecule has 2 atom stereocenters. The third-order valence-corrected chi connectivity index (χ3v) is 4.72. The van der Waals surface area contributed by atoms with E-state index >= 15 is 0 Å². The van der Waals surface area contributed by atoms with Crippen LogP contribution in [0.4, 0.5) is 0 Å². The van der Waals surface area contributed by atoms with Crippen LogP contribution in [0, 0.1) is 5.92 Å². The van der Waals surface area contributed by atoms with E-state index in [2.05, 4.69) is 73.3 Å². The Bertz CT molecular complexity index is 396. The minimum absolute atomic E-state index is 0.439. The summed E-state index contributed by atoms with van der Waals surface area (Å²) in [6.45, 7) is 13.0. The van der Waals surface area contributed by atoms with E-state index in [9.17, 15) is 0 Å². The molecule has 1 heterocycles. The van der Waals surface area contributed by atoms with E-state index in [1.807, 2.05) is 0 Å². The molecule has 0 radical (unpaired) electrons. The van der Waals surface area contributed by atoms with E-state index in [1.54, 1.807) is 0 Å². The molecule has 21 heavy (non-hydrogen) atoms. The van der Waals surface area contributed by atoms with Gasteiger partial charge in [-0.05, 0) is 32.4 Å². The molecule has 0 saturated carbocycles. The molecule has 3 heteroatoms. The van der Waals surface area contributed by atoms with Crippen molar-refractivity contribution >= 4 is 0 Å². The zero-order valence-corrected chi connectivity index (χ0v) is 14.0. The Hall–Kier alpha value is -0.900. The first-order valence-corrected chi connectivity index (χ1v) is 8.30. The second kappa shape index (κ2) is 7.92. The third-order valence-electron chi connectivity index (χ3n) is 4.72. The van der Waals surface area contributed by atoms with Crippen LogP contribution in [0.1, 0.15) is 32.4 Å². The average molecular weight is 289 g/mol. The lowest BCUT2D eigenvalue weighted by Gasteiger charge is -2.39. The van der Waals surface area contributed by atoms with Crippen molar-refractivity contribution < 1.29 is 0 Å². The first-order valence-electron chi connectivity index (χ1n) is 8.30. The topological polar surface area (TPSA) is 18.5 Å². The molecule has 0 spiro atoms. The van der Waals surface area contributed by atoms with Gasteiger partial charge in [-0.2, -0.15) is 0 Å². The molecule has 1 aliphatic rings. The van der Waals surface area contributed by atoms with Crippen LogP contribution in [-0.2, 0) is 0 Å². The number of piperazine rings is 1. The molecule has 0 unspecified atom stereocenters. The van der Waals surface area contributed by atoms with Crippen molar-refractivity contribution in [1.82, 2.24) is 15.1 Å². The molecule has 1 aliphatic heterocycles. The monoisotopic (exact) mass is 289 g/mol. The number of rotatable bonds is 6. The second-order valence-corrected chi connectivity index (χ2v) is 6.58. The maximum atomic E-state index is 3.50. The SMILES string of the molecule is CN[C@@H](c1ccccc1)[C@@H](C)CN1CCN(C(C)C)CC1. The largest absolute Gasteiger partial charge is 0.313 e. The van der Waals surface area contributed by atoms with Gasteiger partial charge in [0, 0.05) is 44.8 Å². The number of hydrogen-bond donors (Lipinski definition) is 1. The Kier molecular flexibility index (Phi) is 6.22. The zero-order valence-electron chi connectivity index (χ0n) is 14.0. The fourth-order valence-corrected chi connectivity index (χ4v) is 3.42. The number of nitrogens with zero attached hydrogens (tertiary/aromatic N) is 2. The van der Waals surface area contributed by atoms with Crippen molar-refractivity contribution in [3.05, 3.63) is 35.9 Å². The Balaban J connectivity index is 1.87. The van der Waals surface area contributed by atoms with Gasteiger partial charge in [0.1, 0.15) is 0 Å². The van der Waals surface area contributed by atoms with E-state index in [1.165, 1.54) is 38.3 Å². The molecule has 1 aromatic rings. The molecule has 1 fully saturated rings. The first kappa shape index (κ1) is 16.5. The van der Waals surface area contributed by atoms with Crippen molar-refractivity contribution in [2.45, 2.75) is 32.9 Å². The summed E-state index contributed by atoms with van der Waals surface area (Å²) in [4.78, 5) is 5.20. The summed E-state index contributed by atoms with van der Waals surface area (Å²) in [6, 6.07) is 11.9. The molecule has 1 saturated heterocycles. The lowest BCUT2D eigenvalue weighted by molar-refractivity contribution is 0.0937. The Morgan fingerprint density at radius 2 is 1.62 bits per heavy atom. The van der Waals surface area contributed by atoms with Crippen LogP contribution >= 0.6 is 0 Å². The van der Waals surface area contributed by atoms with E-state index in [0.717, 1.165) is 0 Å². The fourth-order valence-electron chi connectivity index (χ4n) is 3.42. The number of benzene rings is 1. The molecule has 0 amide bonds. The number of hydrogen-bond acceptors (Lipinski definition) is 3. The van der Waals surface area contributed by atoms with Crippen molar-refractivity contribution in [3.8, 4) is 0 Å². The van der Waals surface area contributed by atoms with Crippen LogP contribution in [-0.4, -0.2) is 55.6 Å². The molecular formula is C18H31N3. The molecule has 1 aromatic carbocycles. The molecular weight excluding hydrogens is 258 g/mol. The standard InChI is InChI=1S/C18H31N3/c1-15(2)21-12-10-20(11-13-21)14-16(3)18(19-4)17-8-6-5-7-9-17/h5-9,15-16,18-19H,10-14H2,1-4H3/t16-,18+/m0/s1. The van der Waals surface area contributed by atoms with Crippen molar-refractivity contribution in [2.75, 3.05) is 39.8 Å². The maximum absolute atomic E-state index is 3.50. The Labute approximate surface area is 130 Å². The molecule has 3 nitrogen and oxygen atoms in total. The maximum Gasteiger partial charge on any atom is 0.0355 e. The predicted molar refractivity (Wildman–Crippen MR) is 90.6 cm³/mol. The van der Waals surface area contributed by atoms with Gasteiger partial charge in [-0.25, -0.2) is 0 Å². The van der Waals surface area contributed by atoms with Crippen molar-refractivity contribution in [1.29, 1.82) is 0 Å². The van der Waals surface area contributed by atoms with Gasteiger partial charge >= 0.3 is 0 Å². The van der Waals surface area contributed by atoms with Crippen molar-refractivity contribution in [2.24, 2.45) is 5.92 Å². The van der Waals surface area contributed by atoms with Gasteiger partial charge in [-0.15, -0.1) is 0 Å². The van der Waals surface area contributed by atoms with Crippen LogP contribution in [0.15, 0.2) is 30.3 Å². The van der Waals surface area contributed by atoms with Crippen LogP contribution < -0.4 is 5.32 Å². The summed E-state index contributed by atoms with van der Waals surface area (Å²) < 4.78 is 0. The van der Waals surface area contributed by atoms with Gasteiger partial charge in [0.15, 0.2) is 0 Å². The van der Waals surface area contributed by atoms with Gasteiger partial charge in [-0.3, -0.25) is 4.90 Å². The number of nitrogens with one attached hydrogen (secondary N) is 1. The van der Waals surface area contributed by atoms with E-state index in [-0.39, 0.29) is 0 Å². The third kappa shape index (κ3) is 4.53. The summed E-state index contributed by atoms with van der Waals surface area (Å²) in [5, 5.41) is 3.50. The molecule has 1 N–H and O–H groups in total. The van der Waals surface area contributed by atoms with Crippen LogP contribution in [0.25, 0.3) is 0 Å². The fraction of sp³-hybridized carbons (Fsp3) is 0.667. The Morgan fingerprint density at radius 3 is 2.14 bits per heavy atom. The smallest absolute Gasteiger partial charge is 0.0355 e. The summed E-state index contributed by atoms with van der Waals surface area (Å²) in [5.74, 6) is 0.614. The molecule has 0 bridgehead atoms. The van der Waals surface area contributed by atoms with Crippen LogP contribution in [0.2, 0.25) is 0 Å². The van der Waals surface area contributed by atoms with Gasteiger partial charge < -0.3 is 10.2 Å². The van der Waals surface area contributed by atoms with Crippen LogP contribution in [0.3, 0.4) is 0 Å². The van der Waals surface area contributed by atoms with Gasteiger partial charge in [0.2, 0.25) is 0 Å². The van der Waals surface area contributed by atoms with E-state index in [0.29, 0.717) is 18.0 Å². The normalized spacial score (nSPS) is 20.6. The van der Waals surface area contributed by atoms with Crippen LogP contribution in [0.5, 0.6) is 0 Å². The molecule has 118 valence electrons. The minimum atomic E-state index is 0.439.